The van der Waals surface area contributed by atoms with Crippen LogP contribution in [0.3, 0.4) is 0 Å². The van der Waals surface area contributed by atoms with Crippen LogP contribution in [0.5, 0.6) is 5.75 Å². The maximum Gasteiger partial charge on any atom is 0.119 e. The highest BCUT2D eigenvalue weighted by Crippen LogP contribution is 2.29. The summed E-state index contributed by atoms with van der Waals surface area (Å²) in [6.45, 7) is 2.51. The zero-order chi connectivity index (χ0) is 20.8. The van der Waals surface area contributed by atoms with Crippen LogP contribution in [0.4, 0.5) is 0 Å². The third kappa shape index (κ3) is 4.32. The maximum atomic E-state index is 5.62. The highest BCUT2D eigenvalue weighted by Gasteiger charge is 2.40. The monoisotopic (exact) mass is 424 g/mol. The summed E-state index contributed by atoms with van der Waals surface area (Å²) < 4.78 is 5.73. The Balaban J connectivity index is 1.93. The predicted octanol–water partition coefficient (Wildman–Crippen LogP) is 2.99. The van der Waals surface area contributed by atoms with Crippen LogP contribution >= 0.6 is 0 Å². The van der Waals surface area contributed by atoms with Crippen LogP contribution in [-0.4, -0.2) is 25.4 Å². The molecule has 3 heteroatoms. The Hall–Kier alpha value is -2.89. The molecule has 0 aliphatic heterocycles. The largest absolute Gasteiger partial charge is 0.497 e. The molecule has 0 aromatic heterocycles. The molecule has 30 heavy (non-hydrogen) atoms. The number of hydrogen-bond acceptors (Lipinski definition) is 1. The predicted molar refractivity (Wildman–Crippen MR) is 134 cm³/mol. The first-order chi connectivity index (χ1) is 14.7. The summed E-state index contributed by atoms with van der Waals surface area (Å²) in [4.78, 5) is 0. The van der Waals surface area contributed by atoms with Gasteiger partial charge in [0.2, 0.25) is 0 Å². The minimum atomic E-state index is -1.60. The van der Waals surface area contributed by atoms with E-state index in [-0.39, 0.29) is 4.66 Å². The number of ether oxygens (including phenoxy) is 1. The molecule has 0 fully saturated rings. The van der Waals surface area contributed by atoms with Crippen molar-refractivity contribution in [1.82, 2.24) is 0 Å². The van der Waals surface area contributed by atoms with E-state index in [0.717, 1.165) is 5.75 Å². The first-order valence-corrected chi connectivity index (χ1v) is 13.6. The second-order valence-electron chi connectivity index (χ2n) is 8.07. The van der Waals surface area contributed by atoms with Gasteiger partial charge in [-0.15, -0.1) is 0 Å². The van der Waals surface area contributed by atoms with Crippen molar-refractivity contribution in [3.63, 3.8) is 0 Å². The van der Waals surface area contributed by atoms with Crippen molar-refractivity contribution >= 4 is 33.9 Å². The molecule has 0 saturated heterocycles. The van der Waals surface area contributed by atoms with Crippen molar-refractivity contribution in [2.24, 2.45) is 0 Å². The topological polar surface area (TPSA) is 9.23 Å². The molecule has 0 N–H and O–H groups in total. The summed E-state index contributed by atoms with van der Waals surface area (Å²) in [5, 5.41) is 4.50. The van der Waals surface area contributed by atoms with Crippen molar-refractivity contribution in [2.75, 3.05) is 7.11 Å². The van der Waals surface area contributed by atoms with Gasteiger partial charge in [0.05, 0.1) is 16.6 Å². The Morgan fingerprint density at radius 1 is 0.667 bits per heavy atom. The Morgan fingerprint density at radius 2 is 1.20 bits per heavy atom. The van der Waals surface area contributed by atoms with Crippen LogP contribution in [0.25, 0.3) is 0 Å². The third-order valence-electron chi connectivity index (χ3n) is 6.05. The lowest BCUT2D eigenvalue weighted by molar-refractivity contribution is 0.414. The maximum absolute atomic E-state index is 5.62. The molecule has 4 aromatic rings. The van der Waals surface area contributed by atoms with Crippen LogP contribution < -0.4 is 20.3 Å². The van der Waals surface area contributed by atoms with Crippen molar-refractivity contribution < 1.29 is 4.74 Å². The molecular formula is C27H28OSi2. The number of hydrogen-bond donors (Lipinski definition) is 0. The van der Waals surface area contributed by atoms with Crippen molar-refractivity contribution in [2.45, 2.75) is 11.6 Å². The molecule has 0 saturated carbocycles. The van der Waals surface area contributed by atoms with Crippen LogP contribution in [0.15, 0.2) is 115 Å². The molecule has 1 nitrogen and oxygen atoms in total. The van der Waals surface area contributed by atoms with Gasteiger partial charge in [-0.3, -0.25) is 0 Å². The van der Waals surface area contributed by atoms with Gasteiger partial charge < -0.3 is 4.74 Å². The SMILES string of the molecule is COc1cccc(C(C)([SiH2]c2ccccc2)[SiH](c2ccccc2)c2ccccc2)c1. The standard InChI is InChI=1S/C27H28OSi2/c1-27(29-24-15-6-3-7-16-24,22-13-12-14-23(21-22)28-2)30(25-17-8-4-9-18-25)26-19-10-5-11-20-26/h3-21,30H,29H2,1-2H3. The Morgan fingerprint density at radius 3 is 1.73 bits per heavy atom. The van der Waals surface area contributed by atoms with E-state index in [4.69, 9.17) is 4.74 Å². The molecular weight excluding hydrogens is 396 g/mol. The minimum Gasteiger partial charge on any atom is -0.497 e. The summed E-state index contributed by atoms with van der Waals surface area (Å²) in [7, 11) is -0.489. The Kier molecular flexibility index (Phi) is 6.31. The third-order valence-corrected chi connectivity index (χ3v) is 13.6. The highest BCUT2D eigenvalue weighted by atomic mass is 28.3. The molecule has 1 atom stereocenters. The molecule has 1 unspecified atom stereocenters. The van der Waals surface area contributed by atoms with E-state index in [1.807, 2.05) is 0 Å². The second kappa shape index (κ2) is 9.29. The van der Waals surface area contributed by atoms with Gasteiger partial charge in [-0.05, 0) is 22.4 Å². The fourth-order valence-corrected chi connectivity index (χ4v) is 12.9. The molecule has 4 rings (SSSR count). The summed E-state index contributed by atoms with van der Waals surface area (Å²) >= 11 is 0. The van der Waals surface area contributed by atoms with Crippen LogP contribution in [0.1, 0.15) is 12.5 Å². The molecule has 0 spiro atoms. The van der Waals surface area contributed by atoms with E-state index in [1.165, 1.54) is 21.1 Å². The lowest BCUT2D eigenvalue weighted by Gasteiger charge is -2.38. The number of benzene rings is 4. The molecule has 4 aromatic carbocycles. The lowest BCUT2D eigenvalue weighted by Crippen LogP contribution is -2.61. The van der Waals surface area contributed by atoms with Crippen LogP contribution in [0.2, 0.25) is 0 Å². The van der Waals surface area contributed by atoms with Gasteiger partial charge >= 0.3 is 0 Å². The van der Waals surface area contributed by atoms with Crippen molar-refractivity contribution in [3.8, 4) is 5.75 Å². The molecule has 0 bridgehead atoms. The van der Waals surface area contributed by atoms with E-state index in [0.29, 0.717) is 0 Å². The van der Waals surface area contributed by atoms with Gasteiger partial charge in [0.25, 0.3) is 0 Å². The molecule has 0 heterocycles. The fraction of sp³-hybridized carbons (Fsp3) is 0.111. The summed E-state index contributed by atoms with van der Waals surface area (Å²) in [6, 6.07) is 42.2. The van der Waals surface area contributed by atoms with Gasteiger partial charge in [0, 0.05) is 0 Å². The van der Waals surface area contributed by atoms with E-state index in [1.54, 1.807) is 7.11 Å². The van der Waals surface area contributed by atoms with Crippen LogP contribution in [0, 0.1) is 0 Å². The molecule has 0 amide bonds. The van der Waals surface area contributed by atoms with Gasteiger partial charge in [-0.25, -0.2) is 0 Å². The van der Waals surface area contributed by atoms with Crippen LogP contribution in [-0.2, 0) is 4.66 Å². The highest BCUT2D eigenvalue weighted by molar-refractivity contribution is 6.95. The normalized spacial score (nSPS) is 13.4. The van der Waals surface area contributed by atoms with Gasteiger partial charge in [0.15, 0.2) is 0 Å². The average molecular weight is 425 g/mol. The lowest BCUT2D eigenvalue weighted by atomic mass is 10.1. The van der Waals surface area contributed by atoms with E-state index in [2.05, 4.69) is 122 Å². The molecule has 0 radical (unpaired) electrons. The first kappa shape index (κ1) is 20.4. The zero-order valence-corrected chi connectivity index (χ0v) is 20.2. The zero-order valence-electron chi connectivity index (χ0n) is 17.7. The fourth-order valence-electron chi connectivity index (χ4n) is 4.59. The quantitative estimate of drug-likeness (QED) is 0.415. The summed E-state index contributed by atoms with van der Waals surface area (Å²) in [6.07, 6.45) is 0. The minimum absolute atomic E-state index is 0.110. The van der Waals surface area contributed by atoms with Gasteiger partial charge in [0.1, 0.15) is 14.5 Å². The molecule has 150 valence electrons. The van der Waals surface area contributed by atoms with E-state index < -0.39 is 18.3 Å². The van der Waals surface area contributed by atoms with Crippen molar-refractivity contribution in [1.29, 1.82) is 0 Å². The van der Waals surface area contributed by atoms with E-state index in [9.17, 15) is 0 Å². The van der Waals surface area contributed by atoms with Gasteiger partial charge in [-0.1, -0.05) is 126 Å². The number of rotatable bonds is 7. The summed E-state index contributed by atoms with van der Waals surface area (Å²) in [5.41, 5.74) is 1.40. The number of methoxy groups -OCH3 is 1. The second-order valence-corrected chi connectivity index (χ2v) is 15.0. The van der Waals surface area contributed by atoms with Gasteiger partial charge in [-0.2, -0.15) is 0 Å². The molecule has 0 aliphatic carbocycles. The summed E-state index contributed by atoms with van der Waals surface area (Å²) in [5.74, 6) is 0.940. The Labute approximate surface area is 183 Å². The first-order valence-electron chi connectivity index (χ1n) is 10.5. The molecule has 0 aliphatic rings. The smallest absolute Gasteiger partial charge is 0.119 e. The average Bonchev–Trinajstić information content (AvgIpc) is 2.81. The van der Waals surface area contributed by atoms with Crippen molar-refractivity contribution in [3.05, 3.63) is 121 Å². The van der Waals surface area contributed by atoms with E-state index >= 15 is 0 Å². The Bertz CT molecular complexity index is 1030.